The van der Waals surface area contributed by atoms with Crippen LogP contribution in [0.3, 0.4) is 0 Å². The summed E-state index contributed by atoms with van der Waals surface area (Å²) in [5.74, 6) is 0. The molecule has 10 heteroatoms. The molecule has 0 aromatic heterocycles. The summed E-state index contributed by atoms with van der Waals surface area (Å²) in [5, 5.41) is 21.9. The third-order valence-corrected chi connectivity index (χ3v) is 1.75. The minimum absolute atomic E-state index is 0.0921. The zero-order valence-electron chi connectivity index (χ0n) is 7.70. The highest BCUT2D eigenvalue weighted by molar-refractivity contribution is 4.63. The second-order valence-corrected chi connectivity index (χ2v) is 2.79. The first-order valence-corrected chi connectivity index (χ1v) is 4.20. The summed E-state index contributed by atoms with van der Waals surface area (Å²) < 4.78 is 0. The van der Waals surface area contributed by atoms with Gasteiger partial charge in [-0.25, -0.2) is 4.94 Å². The minimum atomic E-state index is -1.10. The fourth-order valence-corrected chi connectivity index (χ4v) is 1.20. The molecule has 0 bridgehead atoms. The van der Waals surface area contributed by atoms with Crippen molar-refractivity contribution in [3.8, 4) is 0 Å². The van der Waals surface area contributed by atoms with Crippen LogP contribution in [-0.4, -0.2) is 41.1 Å². The second kappa shape index (κ2) is 5.26. The van der Waals surface area contributed by atoms with Crippen LogP contribution in [0, 0.1) is 20.2 Å². The molecule has 10 nitrogen and oxygen atoms in total. The van der Waals surface area contributed by atoms with Gasteiger partial charge < -0.3 is 5.32 Å². The third kappa shape index (κ3) is 3.91. The maximum absolute atomic E-state index is 10.1. The molecule has 1 unspecified atom stereocenters. The van der Waals surface area contributed by atoms with Crippen molar-refractivity contribution in [2.45, 2.75) is 12.6 Å². The van der Waals surface area contributed by atoms with Crippen LogP contribution in [0.4, 0.5) is 0 Å². The molecular weight excluding hydrogens is 212 g/mol. The lowest BCUT2D eigenvalue weighted by Crippen LogP contribution is -2.43. The lowest BCUT2D eigenvalue weighted by atomic mass is 10.4. The van der Waals surface area contributed by atoms with Gasteiger partial charge in [0.25, 0.3) is 5.09 Å². The average molecular weight is 222 g/mol. The third-order valence-electron chi connectivity index (χ3n) is 1.75. The van der Waals surface area contributed by atoms with Crippen LogP contribution in [0.1, 0.15) is 6.42 Å². The van der Waals surface area contributed by atoms with Crippen molar-refractivity contribution in [1.29, 1.82) is 0 Å². The number of hydrogen-bond donors (Lipinski definition) is 1. The van der Waals surface area contributed by atoms with Crippen LogP contribution in [0.15, 0.2) is 0 Å². The Bertz CT molecular complexity index is 224. The number of nitrogens with zero attached hydrogens (tertiary/aromatic N) is 3. The first-order chi connectivity index (χ1) is 7.09. The quantitative estimate of drug-likeness (QED) is 0.472. The summed E-state index contributed by atoms with van der Waals surface area (Å²) >= 11 is 0. The zero-order chi connectivity index (χ0) is 11.3. The van der Waals surface area contributed by atoms with Crippen LogP contribution in [0.25, 0.3) is 0 Å². The smallest absolute Gasteiger partial charge is 0.312 e. The van der Waals surface area contributed by atoms with E-state index in [1.54, 1.807) is 0 Å². The number of rotatable bonds is 4. The van der Waals surface area contributed by atoms with Crippen LogP contribution >= 0.6 is 0 Å². The molecule has 0 radical (unpaired) electrons. The Morgan fingerprint density at radius 3 is 2.67 bits per heavy atom. The Labute approximate surface area is 83.9 Å². The Morgan fingerprint density at radius 1 is 1.33 bits per heavy atom. The van der Waals surface area contributed by atoms with E-state index in [1.165, 1.54) is 0 Å². The van der Waals surface area contributed by atoms with Crippen molar-refractivity contribution in [2.24, 2.45) is 0 Å². The molecule has 1 rings (SSSR count). The summed E-state index contributed by atoms with van der Waals surface area (Å²) in [5.41, 5.74) is 0. The Morgan fingerprint density at radius 2 is 2.07 bits per heavy atom. The highest BCUT2D eigenvalue weighted by Gasteiger charge is 2.26. The highest BCUT2D eigenvalue weighted by atomic mass is 17.0. The molecule has 1 saturated heterocycles. The maximum Gasteiger partial charge on any atom is 0.312 e. The second-order valence-electron chi connectivity index (χ2n) is 2.79. The van der Waals surface area contributed by atoms with E-state index in [-0.39, 0.29) is 13.1 Å². The van der Waals surface area contributed by atoms with Crippen LogP contribution in [-0.2, 0) is 9.78 Å². The van der Waals surface area contributed by atoms with Crippen molar-refractivity contribution < 1.29 is 19.9 Å². The zero-order valence-corrected chi connectivity index (χ0v) is 7.70. The van der Waals surface area contributed by atoms with Crippen molar-refractivity contribution in [3.05, 3.63) is 20.2 Å². The summed E-state index contributed by atoms with van der Waals surface area (Å²) in [4.78, 5) is 28.6. The van der Waals surface area contributed by atoms with E-state index in [0.717, 1.165) is 5.06 Å². The molecule has 0 aromatic rings. The fraction of sp³-hybridized carbons (Fsp3) is 1.00. The fourth-order valence-electron chi connectivity index (χ4n) is 1.20. The molecule has 0 spiro atoms. The summed E-state index contributed by atoms with van der Waals surface area (Å²) in [6.45, 7) is 0.871. The van der Waals surface area contributed by atoms with Gasteiger partial charge in [-0.1, -0.05) is 0 Å². The Kier molecular flexibility index (Phi) is 4.00. The number of hydrogen-bond acceptors (Lipinski definition) is 8. The largest absolute Gasteiger partial charge is 0.313 e. The van der Waals surface area contributed by atoms with Gasteiger partial charge in [0.1, 0.15) is 0 Å². The molecule has 1 aliphatic rings. The molecular formula is C5H10N4O6. The molecule has 1 aliphatic heterocycles. The normalized spacial score (nSPS) is 22.8. The van der Waals surface area contributed by atoms with E-state index in [2.05, 4.69) is 15.1 Å². The lowest BCUT2D eigenvalue weighted by Gasteiger charge is -2.23. The summed E-state index contributed by atoms with van der Waals surface area (Å²) in [6, 6.07) is 0. The van der Waals surface area contributed by atoms with Crippen LogP contribution in [0.5, 0.6) is 0 Å². The van der Waals surface area contributed by atoms with Crippen molar-refractivity contribution >= 4 is 0 Å². The van der Waals surface area contributed by atoms with E-state index in [0.29, 0.717) is 13.0 Å². The number of nitrogens with one attached hydrogen (secondary N) is 1. The van der Waals surface area contributed by atoms with Gasteiger partial charge in [-0.3, -0.25) is 4.84 Å². The highest BCUT2D eigenvalue weighted by Crippen LogP contribution is 2.06. The molecule has 1 heterocycles. The predicted molar refractivity (Wildman–Crippen MR) is 44.1 cm³/mol. The van der Waals surface area contributed by atoms with Gasteiger partial charge in [-0.05, 0) is 13.0 Å². The Hall–Kier alpha value is -1.68. The van der Waals surface area contributed by atoms with E-state index in [9.17, 15) is 20.2 Å². The van der Waals surface area contributed by atoms with E-state index >= 15 is 0 Å². The lowest BCUT2D eigenvalue weighted by molar-refractivity contribution is -0.839. The van der Waals surface area contributed by atoms with Gasteiger partial charge in [-0.2, -0.15) is 0 Å². The van der Waals surface area contributed by atoms with Gasteiger partial charge >= 0.3 is 5.09 Å². The van der Waals surface area contributed by atoms with Crippen molar-refractivity contribution in [1.82, 2.24) is 10.4 Å². The minimum Gasteiger partial charge on any atom is -0.313 e. The maximum atomic E-state index is 10.1. The Balaban J connectivity index is 2.58. The molecule has 15 heavy (non-hydrogen) atoms. The monoisotopic (exact) mass is 222 g/mol. The first-order valence-electron chi connectivity index (χ1n) is 4.20. The van der Waals surface area contributed by atoms with Crippen LogP contribution < -0.4 is 5.32 Å². The molecule has 0 amide bonds. The molecule has 1 atom stereocenters. The van der Waals surface area contributed by atoms with Gasteiger partial charge in [0.15, 0.2) is 6.23 Å². The molecule has 0 aromatic carbocycles. The standard InChI is InChI=1S/C5H10N4O6/c10-8(11)14-5-4-6-2-1-3-7(5)15-9(12)13/h5-6H,1-4H2. The first kappa shape index (κ1) is 11.4. The van der Waals surface area contributed by atoms with Gasteiger partial charge in [-0.15, -0.1) is 25.3 Å². The molecule has 1 fully saturated rings. The molecule has 86 valence electrons. The van der Waals surface area contributed by atoms with E-state index in [4.69, 9.17) is 0 Å². The van der Waals surface area contributed by atoms with Gasteiger partial charge in [0.05, 0.1) is 0 Å². The van der Waals surface area contributed by atoms with E-state index in [1.807, 2.05) is 0 Å². The summed E-state index contributed by atoms with van der Waals surface area (Å²) in [7, 11) is 0. The van der Waals surface area contributed by atoms with Crippen molar-refractivity contribution in [2.75, 3.05) is 19.6 Å². The summed E-state index contributed by atoms with van der Waals surface area (Å²) in [6.07, 6.45) is -0.529. The SMILES string of the molecule is O=[N+]([O-])OC1CNCCCN1O[N+](=O)[O-]. The number of hydroxylamine groups is 2. The molecule has 0 saturated carbocycles. The molecule has 0 aliphatic carbocycles. The molecule has 1 N–H and O–H groups in total. The van der Waals surface area contributed by atoms with E-state index < -0.39 is 16.4 Å². The average Bonchev–Trinajstić information content (AvgIpc) is 2.30. The van der Waals surface area contributed by atoms with Crippen LogP contribution in [0.2, 0.25) is 0 Å². The predicted octanol–water partition coefficient (Wildman–Crippen LogP) is -1.06. The van der Waals surface area contributed by atoms with Gasteiger partial charge in [0.2, 0.25) is 0 Å². The van der Waals surface area contributed by atoms with Gasteiger partial charge in [0, 0.05) is 13.1 Å². The van der Waals surface area contributed by atoms with Crippen molar-refractivity contribution in [3.63, 3.8) is 0 Å². The topological polar surface area (TPSA) is 120 Å².